The maximum atomic E-state index is 12.9. The van der Waals surface area contributed by atoms with Crippen LogP contribution in [-0.2, 0) is 4.79 Å². The Balaban J connectivity index is 1.47. The van der Waals surface area contributed by atoms with E-state index in [1.54, 1.807) is 12.4 Å². The predicted molar refractivity (Wildman–Crippen MR) is 121 cm³/mol. The van der Waals surface area contributed by atoms with Crippen LogP contribution in [0.5, 0.6) is 11.6 Å². The van der Waals surface area contributed by atoms with E-state index in [-0.39, 0.29) is 11.8 Å². The minimum Gasteiger partial charge on any atom is -0.436 e. The van der Waals surface area contributed by atoms with Gasteiger partial charge in [-0.15, -0.1) is 0 Å². The summed E-state index contributed by atoms with van der Waals surface area (Å²) in [6.07, 6.45) is 5.01. The van der Waals surface area contributed by atoms with Crippen LogP contribution in [0.3, 0.4) is 0 Å². The molecule has 1 aromatic heterocycles. The quantitative estimate of drug-likeness (QED) is 0.559. The van der Waals surface area contributed by atoms with Gasteiger partial charge in [0, 0.05) is 35.6 Å². The van der Waals surface area contributed by atoms with Crippen molar-refractivity contribution in [3.8, 4) is 11.6 Å². The highest BCUT2D eigenvalue weighted by atomic mass is 79.9. The molecule has 0 saturated carbocycles. The van der Waals surface area contributed by atoms with E-state index < -0.39 is 0 Å². The van der Waals surface area contributed by atoms with Crippen molar-refractivity contribution in [1.29, 1.82) is 0 Å². The van der Waals surface area contributed by atoms with E-state index in [0.29, 0.717) is 24.0 Å². The largest absolute Gasteiger partial charge is 0.436 e. The van der Waals surface area contributed by atoms with Gasteiger partial charge in [0.15, 0.2) is 5.82 Å². The zero-order valence-electron chi connectivity index (χ0n) is 16.7. The maximum Gasteiger partial charge on any atom is 0.263 e. The van der Waals surface area contributed by atoms with Crippen molar-refractivity contribution >= 4 is 33.3 Å². The van der Waals surface area contributed by atoms with Crippen molar-refractivity contribution in [3.05, 3.63) is 71.0 Å². The van der Waals surface area contributed by atoms with Crippen LogP contribution in [0.1, 0.15) is 18.4 Å². The maximum absolute atomic E-state index is 12.9. The number of para-hydroxylation sites is 1. The second-order valence-corrected chi connectivity index (χ2v) is 8.19. The standard InChI is InChI=1S/C23H23BrN4O2/c1-16-14-18(9-10-20(16)24)27-22(29)17-6-5-13-28(15-17)21-23(26-12-11-25-21)30-19-7-3-2-4-8-19/h2-4,7-12,14,17H,5-6,13,15H2,1H3,(H,27,29). The van der Waals surface area contributed by atoms with Gasteiger partial charge in [-0.2, -0.15) is 0 Å². The van der Waals surface area contributed by atoms with Crippen LogP contribution < -0.4 is 15.0 Å². The number of halogens is 1. The average Bonchev–Trinajstić information content (AvgIpc) is 2.77. The molecule has 1 aliphatic rings. The summed E-state index contributed by atoms with van der Waals surface area (Å²) in [7, 11) is 0. The lowest BCUT2D eigenvalue weighted by Crippen LogP contribution is -2.41. The molecule has 1 saturated heterocycles. The van der Waals surface area contributed by atoms with E-state index in [0.717, 1.165) is 35.1 Å². The minimum absolute atomic E-state index is 0.0239. The van der Waals surface area contributed by atoms with Gasteiger partial charge in [-0.25, -0.2) is 9.97 Å². The number of hydrogen-bond acceptors (Lipinski definition) is 5. The van der Waals surface area contributed by atoms with Crippen molar-refractivity contribution in [2.45, 2.75) is 19.8 Å². The summed E-state index contributed by atoms with van der Waals surface area (Å²) in [5.41, 5.74) is 1.89. The third kappa shape index (κ3) is 4.79. The van der Waals surface area contributed by atoms with Crippen molar-refractivity contribution in [2.75, 3.05) is 23.3 Å². The van der Waals surface area contributed by atoms with Crippen molar-refractivity contribution in [2.24, 2.45) is 5.92 Å². The highest BCUT2D eigenvalue weighted by Gasteiger charge is 2.28. The lowest BCUT2D eigenvalue weighted by Gasteiger charge is -2.33. The van der Waals surface area contributed by atoms with E-state index in [1.165, 1.54) is 0 Å². The van der Waals surface area contributed by atoms with E-state index in [1.807, 2.05) is 55.5 Å². The Kier molecular flexibility index (Phi) is 6.28. The van der Waals surface area contributed by atoms with Gasteiger partial charge < -0.3 is 15.0 Å². The third-order valence-corrected chi connectivity index (χ3v) is 6.01. The van der Waals surface area contributed by atoms with Crippen LogP contribution >= 0.6 is 15.9 Å². The first-order valence-electron chi connectivity index (χ1n) is 9.96. The number of nitrogens with zero attached hydrogens (tertiary/aromatic N) is 3. The number of piperidine rings is 1. The smallest absolute Gasteiger partial charge is 0.263 e. The molecule has 1 aliphatic heterocycles. The molecule has 1 fully saturated rings. The number of rotatable bonds is 5. The Bertz CT molecular complexity index is 1030. The molecule has 0 spiro atoms. The van der Waals surface area contributed by atoms with E-state index in [2.05, 4.69) is 36.1 Å². The number of aromatic nitrogens is 2. The molecule has 4 rings (SSSR count). The first-order valence-corrected chi connectivity index (χ1v) is 10.8. The first-order chi connectivity index (χ1) is 14.6. The molecule has 30 heavy (non-hydrogen) atoms. The molecule has 1 N–H and O–H groups in total. The number of carbonyl (C=O) groups is 1. The molecule has 1 atom stereocenters. The second kappa shape index (κ2) is 9.26. The van der Waals surface area contributed by atoms with Gasteiger partial charge in [0.25, 0.3) is 5.88 Å². The van der Waals surface area contributed by atoms with Crippen molar-refractivity contribution in [1.82, 2.24) is 9.97 Å². The summed E-state index contributed by atoms with van der Waals surface area (Å²) in [4.78, 5) is 23.9. The molecule has 2 heterocycles. The molecule has 6 nitrogen and oxygen atoms in total. The molecule has 0 radical (unpaired) electrons. The van der Waals surface area contributed by atoms with E-state index >= 15 is 0 Å². The Morgan fingerprint density at radius 2 is 1.97 bits per heavy atom. The molecule has 1 amide bonds. The second-order valence-electron chi connectivity index (χ2n) is 7.34. The molecule has 7 heteroatoms. The molecule has 1 unspecified atom stereocenters. The number of anilines is 2. The number of amides is 1. The summed E-state index contributed by atoms with van der Waals surface area (Å²) in [6.45, 7) is 3.39. The Hall–Kier alpha value is -2.93. The third-order valence-electron chi connectivity index (χ3n) is 5.12. The molecule has 2 aromatic carbocycles. The van der Waals surface area contributed by atoms with Crippen LogP contribution in [0.25, 0.3) is 0 Å². The van der Waals surface area contributed by atoms with Crippen molar-refractivity contribution < 1.29 is 9.53 Å². The Morgan fingerprint density at radius 3 is 2.77 bits per heavy atom. The predicted octanol–water partition coefficient (Wildman–Crippen LogP) is 5.19. The van der Waals surface area contributed by atoms with Gasteiger partial charge in [0.2, 0.25) is 5.91 Å². The van der Waals surface area contributed by atoms with Crippen LogP contribution in [-0.4, -0.2) is 29.0 Å². The lowest BCUT2D eigenvalue weighted by atomic mass is 9.97. The van der Waals surface area contributed by atoms with Gasteiger partial charge in [-0.3, -0.25) is 4.79 Å². The molecule has 0 bridgehead atoms. The van der Waals surface area contributed by atoms with Gasteiger partial charge in [0.1, 0.15) is 5.75 Å². The fraction of sp³-hybridized carbons (Fsp3) is 0.261. The molecular weight excluding hydrogens is 444 g/mol. The van der Waals surface area contributed by atoms with Crippen LogP contribution in [0.2, 0.25) is 0 Å². The topological polar surface area (TPSA) is 67.4 Å². The fourth-order valence-electron chi connectivity index (χ4n) is 3.56. The highest BCUT2D eigenvalue weighted by molar-refractivity contribution is 9.10. The minimum atomic E-state index is -0.130. The molecule has 154 valence electrons. The van der Waals surface area contributed by atoms with Gasteiger partial charge in [-0.05, 0) is 55.7 Å². The van der Waals surface area contributed by atoms with Crippen LogP contribution in [0.4, 0.5) is 11.5 Å². The van der Waals surface area contributed by atoms with E-state index in [4.69, 9.17) is 4.74 Å². The monoisotopic (exact) mass is 466 g/mol. The van der Waals surface area contributed by atoms with Crippen LogP contribution in [0, 0.1) is 12.8 Å². The number of aryl methyl sites for hydroxylation is 1. The zero-order valence-corrected chi connectivity index (χ0v) is 18.3. The summed E-state index contributed by atoms with van der Waals surface area (Å²) < 4.78 is 6.98. The summed E-state index contributed by atoms with van der Waals surface area (Å²) in [6, 6.07) is 15.3. The van der Waals surface area contributed by atoms with Gasteiger partial charge in [-0.1, -0.05) is 34.1 Å². The molecule has 3 aromatic rings. The zero-order chi connectivity index (χ0) is 20.9. The molecule has 0 aliphatic carbocycles. The molecular formula is C23H23BrN4O2. The number of benzene rings is 2. The summed E-state index contributed by atoms with van der Waals surface area (Å²) in [5.74, 6) is 1.72. The number of ether oxygens (including phenoxy) is 1. The first kappa shape index (κ1) is 20.3. The van der Waals surface area contributed by atoms with Crippen LogP contribution in [0.15, 0.2) is 65.4 Å². The number of hydrogen-bond donors (Lipinski definition) is 1. The van der Waals surface area contributed by atoms with Gasteiger partial charge >= 0.3 is 0 Å². The van der Waals surface area contributed by atoms with E-state index in [9.17, 15) is 4.79 Å². The Labute approximate surface area is 184 Å². The number of nitrogens with one attached hydrogen (secondary N) is 1. The SMILES string of the molecule is Cc1cc(NC(=O)C2CCCN(c3nccnc3Oc3ccccc3)C2)ccc1Br. The summed E-state index contributed by atoms with van der Waals surface area (Å²) >= 11 is 3.49. The summed E-state index contributed by atoms with van der Waals surface area (Å²) in [5, 5.41) is 3.05. The highest BCUT2D eigenvalue weighted by Crippen LogP contribution is 2.31. The average molecular weight is 467 g/mol. The normalized spacial score (nSPS) is 16.2. The number of carbonyl (C=O) groups excluding carboxylic acids is 1. The lowest BCUT2D eigenvalue weighted by molar-refractivity contribution is -0.120. The fourth-order valence-corrected chi connectivity index (χ4v) is 3.80. The Morgan fingerprint density at radius 1 is 1.17 bits per heavy atom. The van der Waals surface area contributed by atoms with Crippen molar-refractivity contribution in [3.63, 3.8) is 0 Å². The van der Waals surface area contributed by atoms with Gasteiger partial charge in [0.05, 0.1) is 5.92 Å².